The van der Waals surface area contributed by atoms with E-state index in [0.29, 0.717) is 6.42 Å². The molecule has 3 nitrogen and oxygen atoms in total. The number of carbonyl (C=O) groups excluding carboxylic acids is 1. The van der Waals surface area contributed by atoms with Gasteiger partial charge in [0.1, 0.15) is 0 Å². The molecule has 31 heavy (non-hydrogen) atoms. The van der Waals surface area contributed by atoms with Gasteiger partial charge in [0, 0.05) is 40.9 Å². The van der Waals surface area contributed by atoms with Gasteiger partial charge in [0.05, 0.1) is 5.52 Å². The highest BCUT2D eigenvalue weighted by Crippen LogP contribution is 2.51. The molecular weight excluding hydrogens is 380 g/mol. The molecular formula is C28H24N2O. The predicted octanol–water partition coefficient (Wildman–Crippen LogP) is 6.59. The second-order valence-corrected chi connectivity index (χ2v) is 9.56. The first-order valence-electron chi connectivity index (χ1n) is 10.9. The van der Waals surface area contributed by atoms with Crippen LogP contribution in [0.5, 0.6) is 0 Å². The molecule has 1 atom stereocenters. The number of nitrogens with zero attached hydrogens (tertiary/aromatic N) is 1. The van der Waals surface area contributed by atoms with Crippen molar-refractivity contribution in [3.63, 3.8) is 0 Å². The zero-order chi connectivity index (χ0) is 21.2. The fraction of sp³-hybridized carbons (Fsp3) is 0.214. The third kappa shape index (κ3) is 2.80. The molecule has 0 bridgehead atoms. The minimum absolute atomic E-state index is 0.0396. The number of Topliss-reactive ketones (excluding diaryl/α,β-unsaturated/α-hetero) is 1. The highest BCUT2D eigenvalue weighted by molar-refractivity contribution is 6.05. The zero-order valence-electron chi connectivity index (χ0n) is 17.8. The van der Waals surface area contributed by atoms with E-state index in [1.807, 2.05) is 12.3 Å². The molecule has 4 aromatic rings. The van der Waals surface area contributed by atoms with Crippen molar-refractivity contribution < 1.29 is 4.79 Å². The van der Waals surface area contributed by atoms with E-state index in [0.717, 1.165) is 39.8 Å². The molecule has 0 spiro atoms. The lowest BCUT2D eigenvalue weighted by molar-refractivity contribution is -0.118. The van der Waals surface area contributed by atoms with Crippen LogP contribution in [0.4, 0.5) is 5.69 Å². The Morgan fingerprint density at radius 2 is 1.71 bits per heavy atom. The monoisotopic (exact) mass is 404 g/mol. The van der Waals surface area contributed by atoms with Crippen LogP contribution in [0.2, 0.25) is 0 Å². The molecule has 3 heteroatoms. The van der Waals surface area contributed by atoms with Crippen LogP contribution in [0, 0.1) is 5.41 Å². The van der Waals surface area contributed by atoms with Crippen molar-refractivity contribution in [2.45, 2.75) is 32.6 Å². The number of anilines is 1. The fourth-order valence-corrected chi connectivity index (χ4v) is 5.50. The topological polar surface area (TPSA) is 42.0 Å². The maximum absolute atomic E-state index is 13.6. The van der Waals surface area contributed by atoms with Gasteiger partial charge in [0.15, 0.2) is 5.78 Å². The summed E-state index contributed by atoms with van der Waals surface area (Å²) in [6.07, 6.45) is 3.28. The van der Waals surface area contributed by atoms with Crippen molar-refractivity contribution in [1.82, 2.24) is 4.98 Å². The first kappa shape index (κ1) is 18.3. The van der Waals surface area contributed by atoms with Gasteiger partial charge in [-0.1, -0.05) is 62.4 Å². The molecule has 2 aliphatic rings. The van der Waals surface area contributed by atoms with E-state index < -0.39 is 0 Å². The SMILES string of the molecule is CC1(C)CC(=O)C2=C(C1)Nc1ccc3ncccc3c1[C@@H]2c1cccc2ccccc12. The summed E-state index contributed by atoms with van der Waals surface area (Å²) in [5.74, 6) is 0.150. The molecule has 1 aliphatic carbocycles. The lowest BCUT2D eigenvalue weighted by Crippen LogP contribution is -2.34. The summed E-state index contributed by atoms with van der Waals surface area (Å²) in [5.41, 5.74) is 6.37. The van der Waals surface area contributed by atoms with Crippen LogP contribution in [-0.2, 0) is 4.79 Å². The van der Waals surface area contributed by atoms with E-state index in [-0.39, 0.29) is 17.1 Å². The van der Waals surface area contributed by atoms with Crippen molar-refractivity contribution in [3.8, 4) is 0 Å². The van der Waals surface area contributed by atoms with Crippen LogP contribution in [-0.4, -0.2) is 10.8 Å². The van der Waals surface area contributed by atoms with E-state index >= 15 is 0 Å². The Kier molecular flexibility index (Phi) is 3.85. The summed E-state index contributed by atoms with van der Waals surface area (Å²) in [7, 11) is 0. The van der Waals surface area contributed by atoms with E-state index in [9.17, 15) is 4.79 Å². The van der Waals surface area contributed by atoms with Crippen LogP contribution in [0.15, 0.2) is 84.2 Å². The molecule has 152 valence electrons. The first-order valence-corrected chi connectivity index (χ1v) is 10.9. The van der Waals surface area contributed by atoms with Gasteiger partial charge in [-0.25, -0.2) is 0 Å². The normalized spacial score (nSPS) is 19.8. The van der Waals surface area contributed by atoms with E-state index in [4.69, 9.17) is 0 Å². The van der Waals surface area contributed by atoms with Crippen molar-refractivity contribution in [1.29, 1.82) is 0 Å². The summed E-state index contributed by atoms with van der Waals surface area (Å²) in [6.45, 7) is 4.37. The summed E-state index contributed by atoms with van der Waals surface area (Å²) in [5, 5.41) is 7.16. The minimum Gasteiger partial charge on any atom is -0.358 e. The average Bonchev–Trinajstić information content (AvgIpc) is 2.76. The minimum atomic E-state index is -0.103. The van der Waals surface area contributed by atoms with Gasteiger partial charge in [-0.2, -0.15) is 0 Å². The third-order valence-corrected chi connectivity index (χ3v) is 6.74. The Bertz CT molecular complexity index is 1410. The van der Waals surface area contributed by atoms with Crippen molar-refractivity contribution in [2.24, 2.45) is 5.41 Å². The molecule has 0 amide bonds. The number of hydrogen-bond acceptors (Lipinski definition) is 3. The van der Waals surface area contributed by atoms with Gasteiger partial charge in [0.2, 0.25) is 0 Å². The molecule has 0 radical (unpaired) electrons. The maximum atomic E-state index is 13.6. The summed E-state index contributed by atoms with van der Waals surface area (Å²) in [6, 6.07) is 23.2. The standard InChI is InChI=1S/C28H24N2O/c1-28(2)15-23-27(24(31)16-28)26(19-10-5-8-17-7-3-4-9-18(17)19)25-20-11-6-14-29-21(20)12-13-22(25)30-23/h3-14,26,30H,15-16H2,1-2H3/t26-/m0/s1. The second-order valence-electron chi connectivity index (χ2n) is 9.56. The average molecular weight is 405 g/mol. The number of aromatic nitrogens is 1. The Morgan fingerprint density at radius 3 is 2.61 bits per heavy atom. The third-order valence-electron chi connectivity index (χ3n) is 6.74. The van der Waals surface area contributed by atoms with Gasteiger partial charge in [-0.15, -0.1) is 0 Å². The number of nitrogens with one attached hydrogen (secondary N) is 1. The lowest BCUT2D eigenvalue weighted by atomic mass is 9.68. The van der Waals surface area contributed by atoms with Crippen LogP contribution < -0.4 is 5.32 Å². The summed E-state index contributed by atoms with van der Waals surface area (Å²) < 4.78 is 0. The van der Waals surface area contributed by atoms with E-state index in [1.165, 1.54) is 16.3 Å². The number of hydrogen-bond donors (Lipinski definition) is 1. The predicted molar refractivity (Wildman–Crippen MR) is 126 cm³/mol. The van der Waals surface area contributed by atoms with Crippen LogP contribution >= 0.6 is 0 Å². The number of carbonyl (C=O) groups is 1. The number of rotatable bonds is 1. The number of ketones is 1. The quantitative estimate of drug-likeness (QED) is 0.389. The first-order chi connectivity index (χ1) is 15.0. The van der Waals surface area contributed by atoms with Gasteiger partial charge in [-0.05, 0) is 51.9 Å². The fourth-order valence-electron chi connectivity index (χ4n) is 5.50. The smallest absolute Gasteiger partial charge is 0.162 e. The zero-order valence-corrected chi connectivity index (χ0v) is 17.8. The molecule has 0 unspecified atom stereocenters. The summed E-state index contributed by atoms with van der Waals surface area (Å²) in [4.78, 5) is 18.2. The maximum Gasteiger partial charge on any atom is 0.162 e. The molecule has 0 saturated carbocycles. The molecule has 2 heterocycles. The molecule has 1 aromatic heterocycles. The van der Waals surface area contributed by atoms with Gasteiger partial charge >= 0.3 is 0 Å². The second kappa shape index (κ2) is 6.52. The largest absolute Gasteiger partial charge is 0.358 e. The van der Waals surface area contributed by atoms with Crippen LogP contribution in [0.25, 0.3) is 21.7 Å². The lowest BCUT2D eigenvalue weighted by Gasteiger charge is -2.40. The molecule has 1 N–H and O–H groups in total. The van der Waals surface area contributed by atoms with Crippen LogP contribution in [0.1, 0.15) is 43.7 Å². The Labute approximate surface area is 181 Å². The van der Waals surface area contributed by atoms with E-state index in [2.05, 4.69) is 84.8 Å². The Balaban J connectivity index is 1.72. The molecule has 3 aromatic carbocycles. The highest BCUT2D eigenvalue weighted by atomic mass is 16.1. The number of pyridine rings is 1. The Hall–Kier alpha value is -3.46. The van der Waals surface area contributed by atoms with Gasteiger partial charge in [-0.3, -0.25) is 9.78 Å². The molecule has 0 saturated heterocycles. The molecule has 0 fully saturated rings. The number of benzene rings is 3. The van der Waals surface area contributed by atoms with Gasteiger partial charge < -0.3 is 5.32 Å². The van der Waals surface area contributed by atoms with E-state index in [1.54, 1.807) is 0 Å². The van der Waals surface area contributed by atoms with Crippen molar-refractivity contribution in [2.75, 3.05) is 5.32 Å². The Morgan fingerprint density at radius 1 is 0.903 bits per heavy atom. The molecule has 6 rings (SSSR count). The van der Waals surface area contributed by atoms with Gasteiger partial charge in [0.25, 0.3) is 0 Å². The molecule has 1 aliphatic heterocycles. The van der Waals surface area contributed by atoms with Crippen LogP contribution in [0.3, 0.4) is 0 Å². The highest BCUT2D eigenvalue weighted by Gasteiger charge is 2.41. The van der Waals surface area contributed by atoms with Crippen molar-refractivity contribution >= 4 is 33.1 Å². The number of fused-ring (bicyclic) bond motifs is 4. The van der Waals surface area contributed by atoms with Crippen molar-refractivity contribution in [3.05, 3.63) is 95.3 Å². The summed E-state index contributed by atoms with van der Waals surface area (Å²) >= 11 is 0. The number of allylic oxidation sites excluding steroid dienone is 2.